The van der Waals surface area contributed by atoms with Gasteiger partial charge in [-0.05, 0) is 65.2 Å². The molecule has 100 heavy (non-hydrogen) atoms. The van der Waals surface area contributed by atoms with E-state index in [1.54, 1.807) is 13.8 Å². The van der Waals surface area contributed by atoms with Gasteiger partial charge in [0.15, 0.2) is 25.2 Å². The fraction of sp³-hybridized carbons (Fsp3) is 0.972. The number of carbonyl (C=O) groups excluding carboxylic acids is 2. The number of cyclic esters (lactones) is 2. The molecule has 26 unspecified atom stereocenters. The molecule has 5 heterocycles. The predicted octanol–water partition coefficient (Wildman–Crippen LogP) is 3.43. The molecule has 0 aliphatic carbocycles. The number of rotatable bonds is 46. The minimum atomic E-state index is -1.77. The first-order chi connectivity index (χ1) is 48.0. The Kier molecular flexibility index (Phi) is 44.1. The van der Waals surface area contributed by atoms with Crippen LogP contribution in [-0.4, -0.2) is 280 Å². The molecule has 0 aromatic heterocycles. The first-order valence-electron chi connectivity index (χ1n) is 38.3. The summed E-state index contributed by atoms with van der Waals surface area (Å²) in [6, 6.07) is 0. The summed E-state index contributed by atoms with van der Waals surface area (Å²) in [5.41, 5.74) is 0. The van der Waals surface area contributed by atoms with Crippen LogP contribution in [0.25, 0.3) is 0 Å². The van der Waals surface area contributed by atoms with Crippen LogP contribution < -0.4 is 0 Å². The van der Waals surface area contributed by atoms with Gasteiger partial charge in [0.25, 0.3) is 0 Å². The number of ether oxygens (including phenoxy) is 10. The van der Waals surface area contributed by atoms with Crippen molar-refractivity contribution < 1.29 is 139 Å². The van der Waals surface area contributed by atoms with E-state index in [2.05, 4.69) is 0 Å². The molecule has 0 radical (unpaired) electrons. The Balaban J connectivity index is 1.03. The number of fused-ring (bicyclic) bond motifs is 4. The van der Waals surface area contributed by atoms with Gasteiger partial charge >= 0.3 is 11.9 Å². The highest BCUT2D eigenvalue weighted by atomic mass is 16.7. The second kappa shape index (κ2) is 49.8. The molecule has 0 amide bonds. The highest BCUT2D eigenvalue weighted by Crippen LogP contribution is 2.32. The molecular weight excluding hydrogens is 1310 g/mol. The Labute approximate surface area is 592 Å². The van der Waals surface area contributed by atoms with Crippen molar-refractivity contribution in [2.45, 2.75) is 417 Å². The van der Waals surface area contributed by atoms with Crippen LogP contribution in [0, 0.1) is 0 Å². The molecule has 0 aromatic rings. The Morgan fingerprint density at radius 3 is 0.900 bits per heavy atom. The maximum absolute atomic E-state index is 13.6. The molecule has 5 aliphatic heterocycles. The molecule has 28 nitrogen and oxygen atoms in total. The van der Waals surface area contributed by atoms with E-state index in [0.29, 0.717) is 57.8 Å². The van der Waals surface area contributed by atoms with Crippen LogP contribution in [0.4, 0.5) is 0 Å². The van der Waals surface area contributed by atoms with Gasteiger partial charge in [-0.25, -0.2) is 0 Å². The van der Waals surface area contributed by atoms with Crippen LogP contribution in [0.5, 0.6) is 0 Å². The first-order valence-corrected chi connectivity index (χ1v) is 38.3. The van der Waals surface area contributed by atoms with Gasteiger partial charge in [0, 0.05) is 0 Å². The third-order valence-electron chi connectivity index (χ3n) is 20.3. The standard InChI is InChI=1S/C72H132O28/c1-45(75)31-23-16-15-21-27-35-47(93-69-65(87)61(83)57(79)51(41-73)97-69)33-25-18-12-9-6-10-14-20-29-38-50-40-56(78)92-44-53-59(81)63(85)67(89)71(99-53)95-49(39-55(77)91-43-54-60(82)64(86)68(90)72(96-50)100-54)37-28-19-13-8-5-3-4-7-11-17-26-34-48(36-30-22-24-32-46(2)76)94-70-66(88)62(84)58(80)52(42-74)98-70/h45-54,57-76,79-90H,3-44H2,1-2H3. The average molecular weight is 1450 g/mol. The Morgan fingerprint density at radius 2 is 0.600 bits per heavy atom. The van der Waals surface area contributed by atoms with Gasteiger partial charge in [-0.1, -0.05) is 180 Å². The topological polar surface area (TPSA) is 450 Å². The Morgan fingerprint density at radius 1 is 0.330 bits per heavy atom. The quantitative estimate of drug-likeness (QED) is 0.0307. The summed E-state index contributed by atoms with van der Waals surface area (Å²) in [6.45, 7) is 1.36. The summed E-state index contributed by atoms with van der Waals surface area (Å²) in [4.78, 5) is 27.1. The smallest absolute Gasteiger partial charge is 0.308 e. The first kappa shape index (κ1) is 88.6. The molecule has 28 heteroatoms. The van der Waals surface area contributed by atoms with Gasteiger partial charge in [0.2, 0.25) is 0 Å². The van der Waals surface area contributed by atoms with E-state index >= 15 is 0 Å². The van der Waals surface area contributed by atoms with Crippen molar-refractivity contribution >= 4 is 11.9 Å². The van der Waals surface area contributed by atoms with E-state index in [4.69, 9.17) is 47.4 Å². The zero-order valence-electron chi connectivity index (χ0n) is 59.8. The van der Waals surface area contributed by atoms with Crippen LogP contribution in [0.2, 0.25) is 0 Å². The molecule has 5 fully saturated rings. The largest absolute Gasteiger partial charge is 0.463 e. The van der Waals surface area contributed by atoms with Gasteiger partial charge in [-0.2, -0.15) is 0 Å². The van der Waals surface area contributed by atoms with Crippen LogP contribution >= 0.6 is 0 Å². The average Bonchev–Trinajstić information content (AvgIpc) is 0.835. The van der Waals surface area contributed by atoms with E-state index in [1.165, 1.54) is 0 Å². The number of unbranched alkanes of at least 4 members (excludes halogenated alkanes) is 24. The zero-order chi connectivity index (χ0) is 72.9. The van der Waals surface area contributed by atoms with Gasteiger partial charge in [0.05, 0.1) is 62.7 Å². The van der Waals surface area contributed by atoms with Crippen molar-refractivity contribution in [3.05, 3.63) is 0 Å². The van der Waals surface area contributed by atoms with Gasteiger partial charge < -0.3 is 129 Å². The molecule has 5 aliphatic rings. The van der Waals surface area contributed by atoms with Crippen molar-refractivity contribution in [1.82, 2.24) is 0 Å². The SMILES string of the molecule is CC(O)CCCCCCCC(CCCCCCCCCCCC1CC(=O)OCC2OC(OC(CCCCCCCCCCCCCC(CCCCCC(C)O)OC3OC(CO)C(O)C(O)C3O)CC(=O)OCC3OC(O1)C(O)C(O)C3O)C(O)C(O)C2O)OC1OC(CO)C(O)C(O)C1O. The molecule has 588 valence electrons. The van der Waals surface area contributed by atoms with Crippen molar-refractivity contribution in [2.75, 3.05) is 26.4 Å². The highest BCUT2D eigenvalue weighted by molar-refractivity contribution is 5.70. The number of carbonyl (C=O) groups is 2. The van der Waals surface area contributed by atoms with E-state index in [0.717, 1.165) is 173 Å². The van der Waals surface area contributed by atoms with Crippen molar-refractivity contribution in [3.8, 4) is 0 Å². The maximum Gasteiger partial charge on any atom is 0.308 e. The van der Waals surface area contributed by atoms with E-state index in [-0.39, 0.29) is 37.3 Å². The third kappa shape index (κ3) is 32.2. The number of hydrogen-bond donors (Lipinski definition) is 16. The van der Waals surface area contributed by atoms with Gasteiger partial charge in [-0.15, -0.1) is 0 Å². The zero-order valence-corrected chi connectivity index (χ0v) is 59.8. The molecule has 0 aromatic carbocycles. The summed E-state index contributed by atoms with van der Waals surface area (Å²) in [5, 5.41) is 167. The lowest BCUT2D eigenvalue weighted by molar-refractivity contribution is -0.316. The van der Waals surface area contributed by atoms with Gasteiger partial charge in [-0.3, -0.25) is 9.59 Å². The number of aliphatic hydroxyl groups excluding tert-OH is 16. The molecule has 0 saturated carbocycles. The van der Waals surface area contributed by atoms with Gasteiger partial charge in [0.1, 0.15) is 111 Å². The molecule has 5 saturated heterocycles. The van der Waals surface area contributed by atoms with Crippen LogP contribution in [0.15, 0.2) is 0 Å². The fourth-order valence-electron chi connectivity index (χ4n) is 13.9. The monoisotopic (exact) mass is 1440 g/mol. The summed E-state index contributed by atoms with van der Waals surface area (Å²) in [7, 11) is 0. The maximum atomic E-state index is 13.6. The third-order valence-corrected chi connectivity index (χ3v) is 20.3. The van der Waals surface area contributed by atoms with Crippen molar-refractivity contribution in [2.24, 2.45) is 0 Å². The Bertz CT molecular complexity index is 2100. The minimum absolute atomic E-state index is 0.265. The molecule has 26 atom stereocenters. The van der Waals surface area contributed by atoms with Crippen molar-refractivity contribution in [3.63, 3.8) is 0 Å². The second-order valence-corrected chi connectivity index (χ2v) is 29.1. The molecule has 0 spiro atoms. The fourth-order valence-corrected chi connectivity index (χ4v) is 13.9. The lowest BCUT2D eigenvalue weighted by Crippen LogP contribution is -2.60. The summed E-state index contributed by atoms with van der Waals surface area (Å²) in [6.07, 6.45) is -2.97. The number of esters is 2. The Hall–Kier alpha value is -2.02. The normalized spacial score (nSPS) is 34.7. The van der Waals surface area contributed by atoms with Crippen LogP contribution in [0.1, 0.15) is 258 Å². The minimum Gasteiger partial charge on any atom is -0.463 e. The van der Waals surface area contributed by atoms with E-state index in [1.807, 2.05) is 0 Å². The summed E-state index contributed by atoms with van der Waals surface area (Å²) in [5.74, 6) is -1.56. The summed E-state index contributed by atoms with van der Waals surface area (Å²) >= 11 is 0. The highest BCUT2D eigenvalue weighted by Gasteiger charge is 2.49. The predicted molar refractivity (Wildman–Crippen MR) is 361 cm³/mol. The summed E-state index contributed by atoms with van der Waals surface area (Å²) < 4.78 is 59.0. The van der Waals surface area contributed by atoms with Crippen molar-refractivity contribution in [1.29, 1.82) is 0 Å². The number of aliphatic hydroxyl groups is 16. The lowest BCUT2D eigenvalue weighted by atomic mass is 9.98. The van der Waals surface area contributed by atoms with Crippen LogP contribution in [-0.2, 0) is 57.0 Å². The van der Waals surface area contributed by atoms with E-state index < -0.39 is 173 Å². The van der Waals surface area contributed by atoms with Crippen LogP contribution in [0.3, 0.4) is 0 Å². The lowest BCUT2D eigenvalue weighted by Gasteiger charge is -2.42. The van der Waals surface area contributed by atoms with E-state index in [9.17, 15) is 91.3 Å². The molecule has 5 rings (SSSR count). The second-order valence-electron chi connectivity index (χ2n) is 29.1. The molecule has 16 N–H and O–H groups in total. The number of hydrogen-bond acceptors (Lipinski definition) is 28. The molecular formula is C72H132O28. The molecule has 4 bridgehead atoms.